The van der Waals surface area contributed by atoms with Crippen LogP contribution in [0.15, 0.2) is 6.07 Å². The highest BCUT2D eigenvalue weighted by Crippen LogP contribution is 2.42. The van der Waals surface area contributed by atoms with Crippen molar-refractivity contribution in [3.05, 3.63) is 16.7 Å². The fraction of sp³-hybridized carbons (Fsp3) is 0.333. The maximum Gasteiger partial charge on any atom is 0.168 e. The lowest BCUT2D eigenvalue weighted by Crippen LogP contribution is -2.16. The zero-order valence-electron chi connectivity index (χ0n) is 7.13. The number of aromatic hydroxyl groups is 1. The first kappa shape index (κ1) is 8.51. The Hall–Kier alpha value is -1.09. The predicted octanol–water partition coefficient (Wildman–Crippen LogP) is 2.13. The van der Waals surface area contributed by atoms with Gasteiger partial charge in [-0.25, -0.2) is 0 Å². The Morgan fingerprint density at radius 1 is 1.38 bits per heavy atom. The van der Waals surface area contributed by atoms with Crippen molar-refractivity contribution < 1.29 is 14.6 Å². The van der Waals surface area contributed by atoms with E-state index in [1.807, 2.05) is 0 Å². The summed E-state index contributed by atoms with van der Waals surface area (Å²) in [6.07, 6.45) is 0. The molecule has 1 aliphatic rings. The number of hydrogen-bond acceptors (Lipinski definition) is 3. The third-order valence-corrected chi connectivity index (χ3v) is 2.28. The van der Waals surface area contributed by atoms with Crippen LogP contribution in [0.5, 0.6) is 17.2 Å². The van der Waals surface area contributed by atoms with Gasteiger partial charge in [0.1, 0.15) is 19.0 Å². The Balaban J connectivity index is 2.60. The lowest BCUT2D eigenvalue weighted by molar-refractivity contribution is 0.169. The molecule has 0 bridgehead atoms. The molecule has 0 aromatic heterocycles. The van der Waals surface area contributed by atoms with E-state index in [1.165, 1.54) is 0 Å². The van der Waals surface area contributed by atoms with Crippen LogP contribution < -0.4 is 9.47 Å². The van der Waals surface area contributed by atoms with Gasteiger partial charge in [-0.3, -0.25) is 0 Å². The van der Waals surface area contributed by atoms with Crippen LogP contribution in [-0.4, -0.2) is 18.3 Å². The van der Waals surface area contributed by atoms with E-state index in [0.29, 0.717) is 35.3 Å². The van der Waals surface area contributed by atoms with Gasteiger partial charge in [0, 0.05) is 11.6 Å². The Morgan fingerprint density at radius 3 is 2.85 bits per heavy atom. The summed E-state index contributed by atoms with van der Waals surface area (Å²) < 4.78 is 10.7. The second-order valence-electron chi connectivity index (χ2n) is 2.86. The monoisotopic (exact) mass is 200 g/mol. The van der Waals surface area contributed by atoms with Gasteiger partial charge in [-0.2, -0.15) is 0 Å². The fourth-order valence-corrected chi connectivity index (χ4v) is 1.54. The van der Waals surface area contributed by atoms with Crippen LogP contribution in [-0.2, 0) is 0 Å². The average Bonchev–Trinajstić information content (AvgIpc) is 2.15. The molecule has 1 aromatic rings. The Bertz CT molecular complexity index is 349. The summed E-state index contributed by atoms with van der Waals surface area (Å²) in [6, 6.07) is 1.57. The maximum atomic E-state index is 9.49. The van der Waals surface area contributed by atoms with Gasteiger partial charge in [-0.15, -0.1) is 0 Å². The molecule has 4 heteroatoms. The van der Waals surface area contributed by atoms with E-state index in [0.717, 1.165) is 0 Å². The standard InChI is InChI=1S/C9H9ClO3/c1-5-8(11)6(10)4-7-9(5)13-3-2-12-7/h4,11H,2-3H2,1H3. The van der Waals surface area contributed by atoms with E-state index in [2.05, 4.69) is 0 Å². The lowest BCUT2D eigenvalue weighted by Gasteiger charge is -2.20. The van der Waals surface area contributed by atoms with Crippen molar-refractivity contribution in [1.29, 1.82) is 0 Å². The third kappa shape index (κ3) is 1.29. The molecule has 1 heterocycles. The van der Waals surface area contributed by atoms with Gasteiger partial charge in [-0.1, -0.05) is 11.6 Å². The zero-order chi connectivity index (χ0) is 9.42. The summed E-state index contributed by atoms with van der Waals surface area (Å²) in [4.78, 5) is 0. The van der Waals surface area contributed by atoms with Gasteiger partial charge in [0.2, 0.25) is 0 Å². The number of hydrogen-bond donors (Lipinski definition) is 1. The third-order valence-electron chi connectivity index (χ3n) is 1.99. The molecule has 1 N–H and O–H groups in total. The smallest absolute Gasteiger partial charge is 0.168 e. The predicted molar refractivity (Wildman–Crippen MR) is 48.8 cm³/mol. The number of fused-ring (bicyclic) bond motifs is 1. The van der Waals surface area contributed by atoms with Crippen LogP contribution in [0, 0.1) is 6.92 Å². The van der Waals surface area contributed by atoms with E-state index in [-0.39, 0.29) is 5.75 Å². The number of benzene rings is 1. The second-order valence-corrected chi connectivity index (χ2v) is 3.26. The van der Waals surface area contributed by atoms with Crippen LogP contribution in [0.25, 0.3) is 0 Å². The van der Waals surface area contributed by atoms with Crippen molar-refractivity contribution in [1.82, 2.24) is 0 Å². The topological polar surface area (TPSA) is 38.7 Å². The molecule has 70 valence electrons. The lowest BCUT2D eigenvalue weighted by atomic mass is 10.2. The summed E-state index contributed by atoms with van der Waals surface area (Å²) in [6.45, 7) is 2.77. The minimum Gasteiger partial charge on any atom is -0.506 e. The molecule has 0 unspecified atom stereocenters. The number of halogens is 1. The van der Waals surface area contributed by atoms with Crippen molar-refractivity contribution in [2.45, 2.75) is 6.92 Å². The van der Waals surface area contributed by atoms with E-state index in [4.69, 9.17) is 21.1 Å². The summed E-state index contributed by atoms with van der Waals surface area (Å²) in [7, 11) is 0. The molecule has 1 aliphatic heterocycles. The van der Waals surface area contributed by atoms with Crippen LogP contribution in [0.3, 0.4) is 0 Å². The SMILES string of the molecule is Cc1c(O)c(Cl)cc2c1OCCO2. The van der Waals surface area contributed by atoms with Crippen LogP contribution in [0.2, 0.25) is 5.02 Å². The van der Waals surface area contributed by atoms with Gasteiger partial charge in [0.15, 0.2) is 11.5 Å². The zero-order valence-corrected chi connectivity index (χ0v) is 7.89. The van der Waals surface area contributed by atoms with Crippen molar-refractivity contribution in [3.8, 4) is 17.2 Å². The molecule has 0 aliphatic carbocycles. The average molecular weight is 201 g/mol. The van der Waals surface area contributed by atoms with Crippen molar-refractivity contribution in [2.75, 3.05) is 13.2 Å². The molecule has 13 heavy (non-hydrogen) atoms. The number of ether oxygens (including phenoxy) is 2. The quantitative estimate of drug-likeness (QED) is 0.697. The fourth-order valence-electron chi connectivity index (χ4n) is 1.30. The van der Waals surface area contributed by atoms with E-state index < -0.39 is 0 Å². The normalized spacial score (nSPS) is 14.3. The Kier molecular flexibility index (Phi) is 1.96. The van der Waals surface area contributed by atoms with Crippen LogP contribution in [0.4, 0.5) is 0 Å². The molecule has 3 nitrogen and oxygen atoms in total. The van der Waals surface area contributed by atoms with Crippen molar-refractivity contribution in [2.24, 2.45) is 0 Å². The molecule has 2 rings (SSSR count). The molecule has 0 spiro atoms. The first-order valence-electron chi connectivity index (χ1n) is 3.98. The highest BCUT2D eigenvalue weighted by atomic mass is 35.5. The Labute approximate surface area is 80.8 Å². The van der Waals surface area contributed by atoms with E-state index >= 15 is 0 Å². The van der Waals surface area contributed by atoms with Crippen molar-refractivity contribution >= 4 is 11.6 Å². The summed E-state index contributed by atoms with van der Waals surface area (Å²) >= 11 is 5.77. The largest absolute Gasteiger partial charge is 0.506 e. The van der Waals surface area contributed by atoms with E-state index in [9.17, 15) is 5.11 Å². The number of rotatable bonds is 0. The second kappa shape index (κ2) is 3.00. The molecule has 0 amide bonds. The van der Waals surface area contributed by atoms with E-state index in [1.54, 1.807) is 13.0 Å². The highest BCUT2D eigenvalue weighted by Gasteiger charge is 2.18. The Morgan fingerprint density at radius 2 is 2.08 bits per heavy atom. The first-order valence-corrected chi connectivity index (χ1v) is 4.35. The minimum atomic E-state index is 0.0610. The molecule has 0 saturated heterocycles. The van der Waals surface area contributed by atoms with Gasteiger partial charge < -0.3 is 14.6 Å². The molecule has 0 fully saturated rings. The van der Waals surface area contributed by atoms with Gasteiger partial charge in [-0.05, 0) is 6.92 Å². The minimum absolute atomic E-state index is 0.0610. The molecular formula is C9H9ClO3. The van der Waals surface area contributed by atoms with Gasteiger partial charge in [0.25, 0.3) is 0 Å². The summed E-state index contributed by atoms with van der Waals surface area (Å²) in [5, 5.41) is 9.79. The molecule has 0 radical (unpaired) electrons. The van der Waals surface area contributed by atoms with Gasteiger partial charge >= 0.3 is 0 Å². The number of phenolic OH excluding ortho intramolecular Hbond substituents is 1. The van der Waals surface area contributed by atoms with Crippen LogP contribution >= 0.6 is 11.6 Å². The summed E-state index contributed by atoms with van der Waals surface area (Å²) in [5.74, 6) is 1.26. The molecule has 0 atom stereocenters. The first-order chi connectivity index (χ1) is 6.20. The van der Waals surface area contributed by atoms with Gasteiger partial charge in [0.05, 0.1) is 5.02 Å². The molecule has 1 aromatic carbocycles. The highest BCUT2D eigenvalue weighted by molar-refractivity contribution is 6.32. The van der Waals surface area contributed by atoms with Crippen LogP contribution in [0.1, 0.15) is 5.56 Å². The molecular weight excluding hydrogens is 192 g/mol. The van der Waals surface area contributed by atoms with Crippen molar-refractivity contribution in [3.63, 3.8) is 0 Å². The number of phenols is 1. The summed E-state index contributed by atoms with van der Waals surface area (Å²) in [5.41, 5.74) is 0.627. The molecule has 0 saturated carbocycles. The maximum absolute atomic E-state index is 9.49.